The van der Waals surface area contributed by atoms with Crippen LogP contribution in [0.2, 0.25) is 0 Å². The summed E-state index contributed by atoms with van der Waals surface area (Å²) in [4.78, 5) is 33.8. The topological polar surface area (TPSA) is 101 Å². The van der Waals surface area contributed by atoms with Crippen molar-refractivity contribution < 1.29 is 22.8 Å². The summed E-state index contributed by atoms with van der Waals surface area (Å²) >= 11 is 0. The van der Waals surface area contributed by atoms with Crippen molar-refractivity contribution in [3.63, 3.8) is 0 Å². The van der Waals surface area contributed by atoms with Crippen LogP contribution >= 0.6 is 0 Å². The smallest absolute Gasteiger partial charge is 0.369 e. The molecule has 1 aromatic carbocycles. The van der Waals surface area contributed by atoms with Crippen molar-refractivity contribution in [2.45, 2.75) is 25.9 Å². The van der Waals surface area contributed by atoms with Gasteiger partial charge in [0.05, 0.1) is 5.56 Å². The number of benzene rings is 1. The quantitative estimate of drug-likeness (QED) is 0.553. The van der Waals surface area contributed by atoms with Gasteiger partial charge in [0.1, 0.15) is 0 Å². The fourth-order valence-corrected chi connectivity index (χ4v) is 2.51. The molecule has 0 unspecified atom stereocenters. The van der Waals surface area contributed by atoms with E-state index in [2.05, 4.69) is 15.3 Å². The third kappa shape index (κ3) is 6.29. The Balaban J connectivity index is 1.99. The first-order valence-corrected chi connectivity index (χ1v) is 9.11. The molecule has 1 heterocycles. The highest BCUT2D eigenvalue weighted by Crippen LogP contribution is 2.29. The minimum absolute atomic E-state index is 0.0869. The summed E-state index contributed by atoms with van der Waals surface area (Å²) < 4.78 is 37.9. The average molecular weight is 421 g/mol. The Morgan fingerprint density at radius 2 is 1.87 bits per heavy atom. The lowest BCUT2D eigenvalue weighted by molar-refractivity contribution is -0.137. The molecule has 0 atom stereocenters. The van der Waals surface area contributed by atoms with Crippen LogP contribution in [0.15, 0.2) is 47.6 Å². The monoisotopic (exact) mass is 421 g/mol. The van der Waals surface area contributed by atoms with E-state index in [1.807, 2.05) is 0 Å². The summed E-state index contributed by atoms with van der Waals surface area (Å²) in [5, 5.41) is 2.61. The Hall–Kier alpha value is -3.43. The standard InChI is InChI=1S/C20H22F3N5O2/c1-3-25-19(24)28(2)17(29)9-8-15-12-16(10-11-26-15)27-18(30)13-4-6-14(7-5-13)20(21,22)23/h4-7,10-12H,3,8-9H2,1-2H3,(H2,24,25)(H,26,27,30). The first-order valence-electron chi connectivity index (χ1n) is 9.11. The van der Waals surface area contributed by atoms with Crippen LogP contribution in [0.3, 0.4) is 0 Å². The number of hydrogen-bond donors (Lipinski definition) is 2. The lowest BCUT2D eigenvalue weighted by Crippen LogP contribution is -2.39. The Labute approximate surface area is 171 Å². The number of nitrogens with two attached hydrogens (primary N) is 1. The van der Waals surface area contributed by atoms with Gasteiger partial charge in [0.15, 0.2) is 5.96 Å². The third-order valence-corrected chi connectivity index (χ3v) is 4.18. The first-order chi connectivity index (χ1) is 14.1. The summed E-state index contributed by atoms with van der Waals surface area (Å²) in [5.74, 6) is -0.654. The molecule has 2 amide bonds. The minimum atomic E-state index is -4.46. The van der Waals surface area contributed by atoms with Crippen LogP contribution in [0.1, 0.15) is 35.0 Å². The van der Waals surface area contributed by atoms with Gasteiger partial charge < -0.3 is 11.1 Å². The summed E-state index contributed by atoms with van der Waals surface area (Å²) in [7, 11) is 1.53. The zero-order valence-electron chi connectivity index (χ0n) is 16.5. The first kappa shape index (κ1) is 22.9. The molecule has 10 heteroatoms. The Morgan fingerprint density at radius 1 is 1.20 bits per heavy atom. The molecule has 0 saturated heterocycles. The number of alkyl halides is 3. The van der Waals surface area contributed by atoms with Gasteiger partial charge in [0, 0.05) is 43.2 Å². The summed E-state index contributed by atoms with van der Waals surface area (Å²) in [6.07, 6.45) is -2.54. The second kappa shape index (κ2) is 9.86. The fraction of sp³-hybridized carbons (Fsp3) is 0.300. The van der Waals surface area contributed by atoms with E-state index in [-0.39, 0.29) is 23.9 Å². The zero-order valence-corrected chi connectivity index (χ0v) is 16.5. The van der Waals surface area contributed by atoms with E-state index in [1.165, 1.54) is 18.1 Å². The van der Waals surface area contributed by atoms with Crippen LogP contribution < -0.4 is 11.1 Å². The Morgan fingerprint density at radius 3 is 2.47 bits per heavy atom. The number of pyridine rings is 1. The van der Waals surface area contributed by atoms with E-state index < -0.39 is 17.6 Å². The summed E-state index contributed by atoms with van der Waals surface area (Å²) in [6.45, 7) is 2.27. The second-order valence-electron chi connectivity index (χ2n) is 6.35. The molecule has 3 N–H and O–H groups in total. The fourth-order valence-electron chi connectivity index (χ4n) is 2.51. The number of aliphatic imine (C=N–C) groups is 1. The van der Waals surface area contributed by atoms with E-state index in [9.17, 15) is 22.8 Å². The molecule has 160 valence electrons. The van der Waals surface area contributed by atoms with Crippen LogP contribution in [0.5, 0.6) is 0 Å². The van der Waals surface area contributed by atoms with Crippen LogP contribution in [-0.4, -0.2) is 41.3 Å². The predicted molar refractivity (Wildman–Crippen MR) is 107 cm³/mol. The van der Waals surface area contributed by atoms with Gasteiger partial charge in [0.2, 0.25) is 5.91 Å². The van der Waals surface area contributed by atoms with Crippen molar-refractivity contribution in [1.29, 1.82) is 0 Å². The van der Waals surface area contributed by atoms with Crippen molar-refractivity contribution in [2.24, 2.45) is 10.7 Å². The predicted octanol–water partition coefficient (Wildman–Crippen LogP) is 3.08. The molecule has 0 aliphatic carbocycles. The van der Waals surface area contributed by atoms with Crippen LogP contribution in [0, 0.1) is 0 Å². The molecule has 30 heavy (non-hydrogen) atoms. The Kier molecular flexibility index (Phi) is 7.51. The maximum atomic E-state index is 12.6. The number of halogens is 3. The van der Waals surface area contributed by atoms with E-state index >= 15 is 0 Å². The van der Waals surface area contributed by atoms with Crippen molar-refractivity contribution in [1.82, 2.24) is 9.88 Å². The van der Waals surface area contributed by atoms with Gasteiger partial charge >= 0.3 is 6.18 Å². The molecule has 0 bridgehead atoms. The molecule has 0 radical (unpaired) electrons. The minimum Gasteiger partial charge on any atom is -0.369 e. The van der Waals surface area contributed by atoms with Crippen molar-refractivity contribution in [3.05, 3.63) is 59.4 Å². The zero-order chi connectivity index (χ0) is 22.3. The van der Waals surface area contributed by atoms with Gasteiger partial charge in [-0.3, -0.25) is 24.5 Å². The van der Waals surface area contributed by atoms with E-state index in [0.29, 0.717) is 24.3 Å². The molecule has 0 spiro atoms. The lowest BCUT2D eigenvalue weighted by Gasteiger charge is -2.15. The highest BCUT2D eigenvalue weighted by atomic mass is 19.4. The van der Waals surface area contributed by atoms with Gasteiger partial charge in [-0.05, 0) is 49.7 Å². The SMILES string of the molecule is CCN=C(N)N(C)C(=O)CCc1cc(NC(=O)c2ccc(C(F)(F)F)cc2)ccn1. The average Bonchev–Trinajstić information content (AvgIpc) is 2.71. The largest absolute Gasteiger partial charge is 0.416 e. The molecule has 2 aromatic rings. The molecule has 0 fully saturated rings. The molecule has 7 nitrogen and oxygen atoms in total. The van der Waals surface area contributed by atoms with Crippen LogP contribution in [0.4, 0.5) is 18.9 Å². The van der Waals surface area contributed by atoms with Crippen LogP contribution in [0.25, 0.3) is 0 Å². The van der Waals surface area contributed by atoms with Crippen molar-refractivity contribution >= 4 is 23.5 Å². The molecule has 2 rings (SSSR count). The second-order valence-corrected chi connectivity index (χ2v) is 6.35. The van der Waals surface area contributed by atoms with Crippen LogP contribution in [-0.2, 0) is 17.4 Å². The van der Waals surface area contributed by atoms with Crippen molar-refractivity contribution in [2.75, 3.05) is 18.9 Å². The maximum absolute atomic E-state index is 12.6. The number of nitrogens with one attached hydrogen (secondary N) is 1. The highest BCUT2D eigenvalue weighted by molar-refractivity contribution is 6.04. The highest BCUT2D eigenvalue weighted by Gasteiger charge is 2.30. The molecule has 1 aromatic heterocycles. The van der Waals surface area contributed by atoms with Gasteiger partial charge in [0.25, 0.3) is 5.91 Å². The lowest BCUT2D eigenvalue weighted by atomic mass is 10.1. The number of aryl methyl sites for hydroxylation is 1. The number of guanidine groups is 1. The summed E-state index contributed by atoms with van der Waals surface area (Å²) in [5.41, 5.74) is 5.93. The van der Waals surface area contributed by atoms with Gasteiger partial charge in [-0.15, -0.1) is 0 Å². The Bertz CT molecular complexity index is 927. The number of rotatable bonds is 6. The number of anilines is 1. The molecular formula is C20H22F3N5O2. The number of hydrogen-bond acceptors (Lipinski definition) is 4. The number of aromatic nitrogens is 1. The molecule has 0 aliphatic rings. The molecule has 0 saturated carbocycles. The molecule has 0 aliphatic heterocycles. The normalized spacial score (nSPS) is 11.8. The molecular weight excluding hydrogens is 399 g/mol. The van der Waals surface area contributed by atoms with E-state index in [4.69, 9.17) is 5.73 Å². The van der Waals surface area contributed by atoms with Gasteiger partial charge in [-0.25, -0.2) is 0 Å². The third-order valence-electron chi connectivity index (χ3n) is 4.18. The van der Waals surface area contributed by atoms with Crippen molar-refractivity contribution in [3.8, 4) is 0 Å². The number of carbonyl (C=O) groups excluding carboxylic acids is 2. The van der Waals surface area contributed by atoms with Gasteiger partial charge in [-0.2, -0.15) is 13.2 Å². The summed E-state index contributed by atoms with van der Waals surface area (Å²) in [6, 6.07) is 7.06. The van der Waals surface area contributed by atoms with Gasteiger partial charge in [-0.1, -0.05) is 0 Å². The number of nitrogens with zero attached hydrogens (tertiary/aromatic N) is 3. The number of amides is 2. The van der Waals surface area contributed by atoms with E-state index in [0.717, 1.165) is 24.3 Å². The maximum Gasteiger partial charge on any atom is 0.416 e. The number of carbonyl (C=O) groups is 2. The van der Waals surface area contributed by atoms with E-state index in [1.54, 1.807) is 19.1 Å².